The standard InChI is InChI=1S/C47H32N2Si/c1-5-16-32(17-6-1)37-25-15-26-40-41(37)31-42-45(33-18-7-2-8-19-33)48-47(49-46(40)42)34-28-29-39-38-24-13-14-27-43(38)50(44(39)30-34,35-20-9-3-10-21-35)36-22-11-4-12-23-36/h1-30H,31H2. The molecule has 8 aromatic rings. The molecule has 0 atom stereocenters. The third-order valence-electron chi connectivity index (χ3n) is 10.6. The lowest BCUT2D eigenvalue weighted by Crippen LogP contribution is -2.72. The van der Waals surface area contributed by atoms with E-state index in [9.17, 15) is 0 Å². The largest absolute Gasteiger partial charge is 0.228 e. The van der Waals surface area contributed by atoms with E-state index in [1.54, 1.807) is 0 Å². The highest BCUT2D eigenvalue weighted by Gasteiger charge is 2.48. The zero-order valence-corrected chi connectivity index (χ0v) is 28.4. The molecule has 0 saturated carbocycles. The van der Waals surface area contributed by atoms with Gasteiger partial charge in [-0.05, 0) is 48.6 Å². The van der Waals surface area contributed by atoms with E-state index in [-0.39, 0.29) is 0 Å². The summed E-state index contributed by atoms with van der Waals surface area (Å²) in [5.41, 5.74) is 13.1. The maximum absolute atomic E-state index is 5.46. The van der Waals surface area contributed by atoms with Crippen LogP contribution >= 0.6 is 0 Å². The summed E-state index contributed by atoms with van der Waals surface area (Å²) in [5, 5.41) is 5.60. The lowest BCUT2D eigenvalue weighted by atomic mass is 9.96. The minimum Gasteiger partial charge on any atom is -0.228 e. The van der Waals surface area contributed by atoms with Crippen molar-refractivity contribution in [2.45, 2.75) is 6.42 Å². The fourth-order valence-electron chi connectivity index (χ4n) is 8.49. The molecule has 0 radical (unpaired) electrons. The van der Waals surface area contributed by atoms with E-state index in [4.69, 9.17) is 9.97 Å². The quantitative estimate of drug-likeness (QED) is 0.175. The van der Waals surface area contributed by atoms with E-state index in [1.165, 1.54) is 59.7 Å². The van der Waals surface area contributed by atoms with Crippen molar-refractivity contribution in [1.29, 1.82) is 0 Å². The summed E-state index contributed by atoms with van der Waals surface area (Å²) >= 11 is 0. The van der Waals surface area contributed by atoms with Crippen LogP contribution in [0, 0.1) is 0 Å². The van der Waals surface area contributed by atoms with Crippen molar-refractivity contribution in [3.63, 3.8) is 0 Å². The van der Waals surface area contributed by atoms with Crippen LogP contribution in [0.2, 0.25) is 0 Å². The van der Waals surface area contributed by atoms with E-state index >= 15 is 0 Å². The molecule has 50 heavy (non-hydrogen) atoms. The van der Waals surface area contributed by atoms with Crippen LogP contribution in [0.4, 0.5) is 0 Å². The molecule has 0 saturated heterocycles. The average molecular weight is 653 g/mol. The predicted octanol–water partition coefficient (Wildman–Crippen LogP) is 8.41. The fraction of sp³-hybridized carbons (Fsp3) is 0.0213. The first-order valence-corrected chi connectivity index (χ1v) is 19.3. The van der Waals surface area contributed by atoms with Crippen LogP contribution in [0.25, 0.3) is 56.2 Å². The zero-order chi connectivity index (χ0) is 33.1. The molecule has 1 aromatic heterocycles. The van der Waals surface area contributed by atoms with E-state index in [0.29, 0.717) is 0 Å². The first-order valence-electron chi connectivity index (χ1n) is 17.3. The van der Waals surface area contributed by atoms with Gasteiger partial charge < -0.3 is 0 Å². The molecule has 234 valence electrons. The summed E-state index contributed by atoms with van der Waals surface area (Å²) in [4.78, 5) is 10.9. The Bertz CT molecular complexity index is 2510. The molecule has 0 unspecified atom stereocenters. The van der Waals surface area contributed by atoms with Crippen molar-refractivity contribution in [2.75, 3.05) is 0 Å². The second-order valence-corrected chi connectivity index (χ2v) is 17.0. The van der Waals surface area contributed by atoms with Gasteiger partial charge in [0.2, 0.25) is 0 Å². The minimum absolute atomic E-state index is 0.767. The third kappa shape index (κ3) is 4.27. The van der Waals surface area contributed by atoms with E-state index < -0.39 is 8.07 Å². The van der Waals surface area contributed by atoms with Crippen molar-refractivity contribution in [3.8, 4) is 56.2 Å². The first-order chi connectivity index (χ1) is 24.8. The molecule has 0 fully saturated rings. The van der Waals surface area contributed by atoms with Crippen LogP contribution in [-0.2, 0) is 6.42 Å². The summed E-state index contributed by atoms with van der Waals surface area (Å²) in [7, 11) is -2.65. The lowest BCUT2D eigenvalue weighted by molar-refractivity contribution is 1.13. The van der Waals surface area contributed by atoms with Gasteiger partial charge in [-0.3, -0.25) is 0 Å². The first kappa shape index (κ1) is 28.8. The highest BCUT2D eigenvalue weighted by molar-refractivity contribution is 7.22. The van der Waals surface area contributed by atoms with Gasteiger partial charge in [-0.15, -0.1) is 0 Å². The molecule has 1 aliphatic carbocycles. The maximum atomic E-state index is 5.46. The summed E-state index contributed by atoms with van der Waals surface area (Å²) < 4.78 is 0. The Balaban J connectivity index is 1.23. The van der Waals surface area contributed by atoms with Gasteiger partial charge >= 0.3 is 0 Å². The molecular weight excluding hydrogens is 621 g/mol. The SMILES string of the molecule is c1ccc(-c2cccc3c2Cc2c(-c4ccccc4)nc(-c4ccc5c(c4)[Si](c4ccccc4)(c4ccccc4)c4ccccc4-5)nc2-3)cc1. The number of fused-ring (bicyclic) bond motifs is 6. The molecule has 0 amide bonds. The molecule has 1 aliphatic heterocycles. The zero-order valence-electron chi connectivity index (χ0n) is 27.4. The molecule has 0 N–H and O–H groups in total. The normalized spacial score (nSPS) is 13.3. The number of hydrogen-bond donors (Lipinski definition) is 0. The van der Waals surface area contributed by atoms with Crippen LogP contribution in [-0.4, -0.2) is 18.0 Å². The Kier molecular flexibility index (Phi) is 6.61. The maximum Gasteiger partial charge on any atom is 0.180 e. The molecule has 7 aromatic carbocycles. The van der Waals surface area contributed by atoms with Gasteiger partial charge in [-0.2, -0.15) is 0 Å². The molecule has 2 aliphatic rings. The Morgan fingerprint density at radius 3 is 1.60 bits per heavy atom. The Labute approximate surface area is 293 Å². The van der Waals surface area contributed by atoms with Crippen LogP contribution in [0.3, 0.4) is 0 Å². The molecular formula is C47H32N2Si. The number of aromatic nitrogens is 2. The van der Waals surface area contributed by atoms with Crippen LogP contribution in [0.15, 0.2) is 182 Å². The minimum atomic E-state index is -2.65. The summed E-state index contributed by atoms with van der Waals surface area (Å²) in [6, 6.07) is 66.4. The van der Waals surface area contributed by atoms with E-state index in [2.05, 4.69) is 182 Å². The lowest BCUT2D eigenvalue weighted by Gasteiger charge is -2.31. The number of benzene rings is 7. The molecule has 2 heterocycles. The molecule has 0 bridgehead atoms. The van der Waals surface area contributed by atoms with Crippen molar-refractivity contribution < 1.29 is 0 Å². The van der Waals surface area contributed by atoms with Crippen molar-refractivity contribution in [1.82, 2.24) is 9.97 Å². The van der Waals surface area contributed by atoms with Crippen LogP contribution in [0.5, 0.6) is 0 Å². The fourth-order valence-corrected chi connectivity index (χ4v) is 13.7. The summed E-state index contributed by atoms with van der Waals surface area (Å²) in [6.45, 7) is 0. The van der Waals surface area contributed by atoms with Gasteiger partial charge in [0.05, 0.1) is 11.4 Å². The van der Waals surface area contributed by atoms with Gasteiger partial charge in [0.15, 0.2) is 13.9 Å². The summed E-state index contributed by atoms with van der Waals surface area (Å²) in [6.07, 6.45) is 0.803. The second kappa shape index (κ2) is 11.5. The van der Waals surface area contributed by atoms with E-state index in [0.717, 1.165) is 34.8 Å². The predicted molar refractivity (Wildman–Crippen MR) is 209 cm³/mol. The molecule has 10 rings (SSSR count). The topological polar surface area (TPSA) is 25.8 Å². The van der Waals surface area contributed by atoms with Crippen molar-refractivity contribution >= 4 is 28.8 Å². The number of hydrogen-bond acceptors (Lipinski definition) is 2. The third-order valence-corrected chi connectivity index (χ3v) is 15.5. The molecule has 2 nitrogen and oxygen atoms in total. The number of nitrogens with zero attached hydrogens (tertiary/aromatic N) is 2. The van der Waals surface area contributed by atoms with Crippen LogP contribution < -0.4 is 20.7 Å². The van der Waals surface area contributed by atoms with Gasteiger partial charge in [-0.25, -0.2) is 9.97 Å². The molecule has 3 heteroatoms. The second-order valence-electron chi connectivity index (χ2n) is 13.3. The summed E-state index contributed by atoms with van der Waals surface area (Å²) in [5.74, 6) is 0.767. The van der Waals surface area contributed by atoms with Gasteiger partial charge in [0, 0.05) is 28.7 Å². The van der Waals surface area contributed by atoms with Gasteiger partial charge in [-0.1, -0.05) is 182 Å². The highest BCUT2D eigenvalue weighted by Crippen LogP contribution is 2.44. The smallest absolute Gasteiger partial charge is 0.180 e. The monoisotopic (exact) mass is 652 g/mol. The van der Waals surface area contributed by atoms with E-state index in [1.807, 2.05) is 0 Å². The van der Waals surface area contributed by atoms with Crippen molar-refractivity contribution in [2.24, 2.45) is 0 Å². The highest BCUT2D eigenvalue weighted by atomic mass is 28.3. The van der Waals surface area contributed by atoms with Gasteiger partial charge in [0.25, 0.3) is 0 Å². The average Bonchev–Trinajstić information content (AvgIpc) is 3.73. The van der Waals surface area contributed by atoms with Crippen molar-refractivity contribution in [3.05, 3.63) is 193 Å². The number of rotatable bonds is 5. The molecule has 0 spiro atoms. The van der Waals surface area contributed by atoms with Crippen LogP contribution in [0.1, 0.15) is 11.1 Å². The Morgan fingerprint density at radius 2 is 0.900 bits per heavy atom. The Hall–Kier alpha value is -6.16. The van der Waals surface area contributed by atoms with Gasteiger partial charge in [0.1, 0.15) is 0 Å². The Morgan fingerprint density at radius 1 is 0.360 bits per heavy atom.